The fourth-order valence-electron chi connectivity index (χ4n) is 1.80. The number of hydrogen-bond acceptors (Lipinski definition) is 4. The number of carboxylic acid groups (broad SMARTS) is 1. The summed E-state index contributed by atoms with van der Waals surface area (Å²) in [5.41, 5.74) is 0.324. The largest absolute Gasteiger partial charge is 0.465 e. The van der Waals surface area contributed by atoms with Crippen molar-refractivity contribution in [1.82, 2.24) is 20.2 Å². The van der Waals surface area contributed by atoms with Crippen molar-refractivity contribution in [1.29, 1.82) is 0 Å². The van der Waals surface area contributed by atoms with E-state index in [9.17, 15) is 9.59 Å². The van der Waals surface area contributed by atoms with Crippen LogP contribution in [0.25, 0.3) is 0 Å². The lowest BCUT2D eigenvalue weighted by atomic mass is 10.3. The van der Waals surface area contributed by atoms with Gasteiger partial charge in [-0.15, -0.1) is 0 Å². The smallest absolute Gasteiger partial charge is 0.408 e. The second-order valence-corrected chi connectivity index (χ2v) is 3.73. The monoisotopic (exact) mass is 236 g/mol. The van der Waals surface area contributed by atoms with Crippen molar-refractivity contribution in [2.75, 3.05) is 6.54 Å². The van der Waals surface area contributed by atoms with E-state index in [1.54, 1.807) is 0 Å². The van der Waals surface area contributed by atoms with E-state index in [4.69, 9.17) is 5.11 Å². The van der Waals surface area contributed by atoms with E-state index in [1.807, 2.05) is 0 Å². The molecule has 0 spiro atoms. The van der Waals surface area contributed by atoms with Gasteiger partial charge in [0.05, 0.1) is 5.56 Å². The Bertz CT molecular complexity index is 423. The number of amides is 2. The zero-order valence-electron chi connectivity index (χ0n) is 9.04. The molecule has 1 aromatic heterocycles. The van der Waals surface area contributed by atoms with Crippen molar-refractivity contribution in [2.24, 2.45) is 0 Å². The summed E-state index contributed by atoms with van der Waals surface area (Å²) in [5.74, 6) is -0.358. The second-order valence-electron chi connectivity index (χ2n) is 3.73. The number of carbonyl (C=O) groups is 2. The van der Waals surface area contributed by atoms with Gasteiger partial charge in [0, 0.05) is 18.9 Å². The second kappa shape index (κ2) is 4.77. The zero-order chi connectivity index (χ0) is 12.3. The van der Waals surface area contributed by atoms with Crippen LogP contribution >= 0.6 is 0 Å². The maximum absolute atomic E-state index is 11.8. The molecule has 1 aliphatic rings. The lowest BCUT2D eigenvalue weighted by Gasteiger charge is -2.22. The Balaban J connectivity index is 2.02. The summed E-state index contributed by atoms with van der Waals surface area (Å²) >= 11 is 0. The fourth-order valence-corrected chi connectivity index (χ4v) is 1.80. The van der Waals surface area contributed by atoms with E-state index in [2.05, 4.69) is 15.3 Å². The summed E-state index contributed by atoms with van der Waals surface area (Å²) in [5, 5.41) is 11.6. The molecule has 1 fully saturated rings. The summed E-state index contributed by atoms with van der Waals surface area (Å²) < 4.78 is 0. The van der Waals surface area contributed by atoms with Crippen molar-refractivity contribution in [3.63, 3.8) is 0 Å². The molecule has 1 saturated heterocycles. The first-order chi connectivity index (χ1) is 8.18. The molecule has 2 amide bonds. The Morgan fingerprint density at radius 3 is 2.76 bits per heavy atom. The van der Waals surface area contributed by atoms with Gasteiger partial charge >= 0.3 is 6.09 Å². The maximum atomic E-state index is 11.8. The van der Waals surface area contributed by atoms with Gasteiger partial charge in [-0.25, -0.2) is 14.8 Å². The van der Waals surface area contributed by atoms with E-state index in [0.717, 1.165) is 6.42 Å². The Morgan fingerprint density at radius 2 is 2.12 bits per heavy atom. The van der Waals surface area contributed by atoms with Gasteiger partial charge in [-0.05, 0) is 12.8 Å². The molecule has 0 aromatic carbocycles. The molecule has 7 nitrogen and oxygen atoms in total. The molecule has 1 aliphatic heterocycles. The third kappa shape index (κ3) is 2.49. The number of likely N-dealkylation sites (tertiary alicyclic amines) is 1. The van der Waals surface area contributed by atoms with Crippen molar-refractivity contribution in [2.45, 2.75) is 19.0 Å². The molecule has 2 rings (SSSR count). The average molecular weight is 236 g/mol. The maximum Gasteiger partial charge on any atom is 0.408 e. The standard InChI is InChI=1S/C10H12N4O3/c15-9(7-4-11-6-12-5-7)13-8-2-1-3-14(8)10(16)17/h4-6,8H,1-3H2,(H,13,15)(H,16,17). The van der Waals surface area contributed by atoms with Crippen LogP contribution in [0, 0.1) is 0 Å². The van der Waals surface area contributed by atoms with E-state index in [1.165, 1.54) is 23.6 Å². The van der Waals surface area contributed by atoms with Crippen molar-refractivity contribution >= 4 is 12.0 Å². The van der Waals surface area contributed by atoms with Crippen LogP contribution in [0.2, 0.25) is 0 Å². The molecule has 0 saturated carbocycles. The van der Waals surface area contributed by atoms with Gasteiger partial charge in [0.15, 0.2) is 0 Å². The van der Waals surface area contributed by atoms with Crippen LogP contribution in [0.3, 0.4) is 0 Å². The van der Waals surface area contributed by atoms with Gasteiger partial charge in [-0.3, -0.25) is 9.69 Å². The summed E-state index contributed by atoms with van der Waals surface area (Å²) in [4.78, 5) is 31.3. The van der Waals surface area contributed by atoms with E-state index >= 15 is 0 Å². The lowest BCUT2D eigenvalue weighted by Crippen LogP contribution is -2.46. The van der Waals surface area contributed by atoms with Gasteiger partial charge in [0.1, 0.15) is 12.5 Å². The zero-order valence-corrected chi connectivity index (χ0v) is 9.04. The highest BCUT2D eigenvalue weighted by Crippen LogP contribution is 2.15. The van der Waals surface area contributed by atoms with Crippen LogP contribution in [0.4, 0.5) is 4.79 Å². The first kappa shape index (κ1) is 11.3. The number of carbonyl (C=O) groups excluding carboxylic acids is 1. The van der Waals surface area contributed by atoms with Crippen LogP contribution < -0.4 is 5.32 Å². The molecule has 17 heavy (non-hydrogen) atoms. The Morgan fingerprint density at radius 1 is 1.41 bits per heavy atom. The molecule has 0 radical (unpaired) electrons. The quantitative estimate of drug-likeness (QED) is 0.770. The Labute approximate surface area is 97.5 Å². The number of hydrogen-bond donors (Lipinski definition) is 2. The predicted octanol–water partition coefficient (Wildman–Crippen LogP) is 0.306. The van der Waals surface area contributed by atoms with Crippen LogP contribution in [0.5, 0.6) is 0 Å². The first-order valence-electron chi connectivity index (χ1n) is 5.24. The molecule has 0 aliphatic carbocycles. The van der Waals surface area contributed by atoms with E-state index < -0.39 is 12.3 Å². The van der Waals surface area contributed by atoms with Crippen LogP contribution in [-0.4, -0.2) is 44.7 Å². The summed E-state index contributed by atoms with van der Waals surface area (Å²) in [6.07, 6.45) is 4.02. The molecule has 0 bridgehead atoms. The van der Waals surface area contributed by atoms with Gasteiger partial charge in [-0.2, -0.15) is 0 Å². The van der Waals surface area contributed by atoms with Gasteiger partial charge in [0.25, 0.3) is 5.91 Å². The van der Waals surface area contributed by atoms with Crippen molar-refractivity contribution in [3.05, 3.63) is 24.3 Å². The topological polar surface area (TPSA) is 95.4 Å². The first-order valence-corrected chi connectivity index (χ1v) is 5.24. The minimum absolute atomic E-state index is 0.324. The highest BCUT2D eigenvalue weighted by molar-refractivity contribution is 5.93. The highest BCUT2D eigenvalue weighted by atomic mass is 16.4. The third-order valence-electron chi connectivity index (χ3n) is 2.62. The molecular formula is C10H12N4O3. The number of nitrogens with one attached hydrogen (secondary N) is 1. The van der Waals surface area contributed by atoms with Crippen LogP contribution in [0.15, 0.2) is 18.7 Å². The van der Waals surface area contributed by atoms with E-state index in [-0.39, 0.29) is 5.91 Å². The lowest BCUT2D eigenvalue weighted by molar-refractivity contribution is 0.0876. The molecule has 7 heteroatoms. The Hall–Kier alpha value is -2.18. The molecule has 2 heterocycles. The van der Waals surface area contributed by atoms with E-state index in [0.29, 0.717) is 18.5 Å². The van der Waals surface area contributed by atoms with Crippen molar-refractivity contribution in [3.8, 4) is 0 Å². The Kier molecular flexibility index (Phi) is 3.17. The molecular weight excluding hydrogens is 224 g/mol. The van der Waals surface area contributed by atoms with Crippen LogP contribution in [-0.2, 0) is 0 Å². The molecule has 90 valence electrons. The summed E-state index contributed by atoms with van der Waals surface area (Å²) in [6.45, 7) is 0.450. The summed E-state index contributed by atoms with van der Waals surface area (Å²) in [6, 6.07) is 0. The van der Waals surface area contributed by atoms with Gasteiger partial charge in [-0.1, -0.05) is 0 Å². The fraction of sp³-hybridized carbons (Fsp3) is 0.400. The minimum Gasteiger partial charge on any atom is -0.465 e. The average Bonchev–Trinajstić information content (AvgIpc) is 2.78. The molecule has 1 unspecified atom stereocenters. The van der Waals surface area contributed by atoms with Crippen molar-refractivity contribution < 1.29 is 14.7 Å². The summed E-state index contributed by atoms with van der Waals surface area (Å²) in [7, 11) is 0. The molecule has 2 N–H and O–H groups in total. The van der Waals surface area contributed by atoms with Gasteiger partial charge < -0.3 is 10.4 Å². The molecule has 1 atom stereocenters. The molecule has 1 aromatic rings. The number of aromatic nitrogens is 2. The van der Waals surface area contributed by atoms with Gasteiger partial charge in [0.2, 0.25) is 0 Å². The van der Waals surface area contributed by atoms with Crippen LogP contribution in [0.1, 0.15) is 23.2 Å². The number of rotatable bonds is 2. The minimum atomic E-state index is -1.02. The SMILES string of the molecule is O=C(NC1CCCN1C(=O)O)c1cncnc1. The number of nitrogens with zero attached hydrogens (tertiary/aromatic N) is 3. The predicted molar refractivity (Wildman–Crippen MR) is 57.3 cm³/mol. The normalized spacial score (nSPS) is 19.1. The third-order valence-corrected chi connectivity index (χ3v) is 2.62. The highest BCUT2D eigenvalue weighted by Gasteiger charge is 2.29.